The van der Waals surface area contributed by atoms with E-state index in [2.05, 4.69) is 108 Å². The van der Waals surface area contributed by atoms with Gasteiger partial charge in [0.25, 0.3) is 5.91 Å². The van der Waals surface area contributed by atoms with Crippen molar-refractivity contribution in [1.82, 2.24) is 9.99 Å². The number of H-pyrrole nitrogens is 1. The molecular weight excluding hydrogens is 536 g/mol. The number of benzene rings is 5. The third kappa shape index (κ3) is 4.55. The predicted molar refractivity (Wildman–Crippen MR) is 175 cm³/mol. The number of nitrogens with zero attached hydrogens (tertiary/aromatic N) is 1. The lowest BCUT2D eigenvalue weighted by Gasteiger charge is -2.17. The van der Waals surface area contributed by atoms with Crippen molar-refractivity contribution < 1.29 is 4.79 Å². The SMILES string of the molecule is CCN(N)C(=O)c1cc(S)ccc1Nc1cc2cc(-c3cccc4c3Cc3ccccc3-4)c(-c3ccccc3)cc2[nH]1. The van der Waals surface area contributed by atoms with Crippen molar-refractivity contribution in [2.24, 2.45) is 5.84 Å². The van der Waals surface area contributed by atoms with Crippen LogP contribution in [-0.2, 0) is 6.42 Å². The van der Waals surface area contributed by atoms with Crippen LogP contribution < -0.4 is 11.2 Å². The van der Waals surface area contributed by atoms with E-state index in [1.165, 1.54) is 38.4 Å². The molecule has 4 N–H and O–H groups in total. The van der Waals surface area contributed by atoms with Crippen LogP contribution in [0.4, 0.5) is 11.5 Å². The number of fused-ring (bicyclic) bond motifs is 4. The second-order valence-electron chi connectivity index (χ2n) is 10.6. The number of amides is 1. The Morgan fingerprint density at radius 2 is 1.57 bits per heavy atom. The summed E-state index contributed by atoms with van der Waals surface area (Å²) < 4.78 is 0. The molecule has 5 nitrogen and oxygen atoms in total. The third-order valence-corrected chi connectivity index (χ3v) is 8.37. The maximum Gasteiger partial charge on any atom is 0.269 e. The molecule has 0 spiro atoms. The molecule has 0 saturated carbocycles. The van der Waals surface area contributed by atoms with Gasteiger partial charge in [-0.25, -0.2) is 5.84 Å². The van der Waals surface area contributed by atoms with Gasteiger partial charge in [-0.15, -0.1) is 12.6 Å². The van der Waals surface area contributed by atoms with Crippen LogP contribution in [0.3, 0.4) is 0 Å². The Hall–Kier alpha value is -4.78. The van der Waals surface area contributed by atoms with Crippen molar-refractivity contribution in [1.29, 1.82) is 0 Å². The monoisotopic (exact) mass is 566 g/mol. The minimum absolute atomic E-state index is 0.264. The van der Waals surface area contributed by atoms with Crippen LogP contribution in [0.1, 0.15) is 28.4 Å². The minimum atomic E-state index is -0.264. The summed E-state index contributed by atoms with van der Waals surface area (Å²) in [6.07, 6.45) is 0.918. The van der Waals surface area contributed by atoms with Crippen LogP contribution in [0.5, 0.6) is 0 Å². The van der Waals surface area contributed by atoms with Crippen LogP contribution >= 0.6 is 12.6 Å². The molecule has 0 aliphatic heterocycles. The molecule has 6 heteroatoms. The molecule has 1 aliphatic carbocycles. The molecule has 1 aromatic heterocycles. The Balaban J connectivity index is 1.35. The molecule has 0 saturated heterocycles. The van der Waals surface area contributed by atoms with E-state index in [4.69, 9.17) is 5.84 Å². The number of rotatable bonds is 6. The number of hydrogen-bond donors (Lipinski definition) is 4. The van der Waals surface area contributed by atoms with Gasteiger partial charge >= 0.3 is 0 Å². The molecule has 0 radical (unpaired) electrons. The second-order valence-corrected chi connectivity index (χ2v) is 11.2. The van der Waals surface area contributed by atoms with Crippen LogP contribution in [-0.4, -0.2) is 22.4 Å². The molecule has 206 valence electrons. The average molecular weight is 567 g/mol. The van der Waals surface area contributed by atoms with E-state index in [1.54, 1.807) is 6.07 Å². The maximum absolute atomic E-state index is 13.0. The van der Waals surface area contributed by atoms with E-state index in [0.717, 1.165) is 34.3 Å². The summed E-state index contributed by atoms with van der Waals surface area (Å²) in [4.78, 5) is 17.2. The molecule has 0 atom stereocenters. The van der Waals surface area contributed by atoms with Gasteiger partial charge in [-0.3, -0.25) is 9.80 Å². The fraction of sp³-hybridized carbons (Fsp3) is 0.0833. The Morgan fingerprint density at radius 1 is 0.833 bits per heavy atom. The van der Waals surface area contributed by atoms with Gasteiger partial charge in [0.05, 0.1) is 11.3 Å². The Bertz CT molecular complexity index is 1980. The van der Waals surface area contributed by atoms with Gasteiger partial charge in [0.15, 0.2) is 0 Å². The van der Waals surface area contributed by atoms with Crippen molar-refractivity contribution in [2.75, 3.05) is 11.9 Å². The lowest BCUT2D eigenvalue weighted by atomic mass is 9.89. The molecular formula is C36H30N4OS. The van der Waals surface area contributed by atoms with Gasteiger partial charge < -0.3 is 10.3 Å². The number of carbonyl (C=O) groups excluding carboxylic acids is 1. The first-order valence-electron chi connectivity index (χ1n) is 14.1. The normalized spacial score (nSPS) is 11.8. The van der Waals surface area contributed by atoms with E-state index >= 15 is 0 Å². The van der Waals surface area contributed by atoms with Crippen molar-refractivity contribution in [3.05, 3.63) is 126 Å². The number of thiol groups is 1. The van der Waals surface area contributed by atoms with Gasteiger partial charge in [0, 0.05) is 22.3 Å². The van der Waals surface area contributed by atoms with Gasteiger partial charge in [0.1, 0.15) is 5.82 Å². The third-order valence-electron chi connectivity index (χ3n) is 8.09. The molecule has 0 bridgehead atoms. The molecule has 1 heterocycles. The van der Waals surface area contributed by atoms with Crippen molar-refractivity contribution in [3.63, 3.8) is 0 Å². The largest absolute Gasteiger partial charge is 0.341 e. The standard InChI is InChI=1S/C36H30N4OS/c1-2-40(37)36(41)32-20-25(42)15-16-33(32)38-35-19-24-18-31(29(21-34(24)39-35)22-9-4-3-5-10-22)28-14-8-13-27-26-12-7-6-11-23(26)17-30(27)28/h3-16,18-21,38-39,42H,2,17,37H2,1H3. The molecule has 1 amide bonds. The molecule has 6 aromatic rings. The molecule has 0 unspecified atom stereocenters. The highest BCUT2D eigenvalue weighted by Gasteiger charge is 2.23. The summed E-state index contributed by atoms with van der Waals surface area (Å²) in [5, 5.41) is 5.71. The zero-order chi connectivity index (χ0) is 28.8. The van der Waals surface area contributed by atoms with Crippen molar-refractivity contribution in [2.45, 2.75) is 18.2 Å². The summed E-state index contributed by atoms with van der Waals surface area (Å²) in [5.41, 5.74) is 12.3. The first-order valence-corrected chi connectivity index (χ1v) is 14.5. The van der Waals surface area contributed by atoms with Crippen molar-refractivity contribution >= 4 is 40.9 Å². The zero-order valence-electron chi connectivity index (χ0n) is 23.2. The molecule has 5 aromatic carbocycles. The Morgan fingerprint density at radius 3 is 2.38 bits per heavy atom. The van der Waals surface area contributed by atoms with Crippen molar-refractivity contribution in [3.8, 4) is 33.4 Å². The van der Waals surface area contributed by atoms with E-state index in [0.29, 0.717) is 22.7 Å². The van der Waals surface area contributed by atoms with Gasteiger partial charge in [-0.05, 0) is 94.3 Å². The number of hydrazine groups is 1. The lowest BCUT2D eigenvalue weighted by molar-refractivity contribution is 0.0765. The van der Waals surface area contributed by atoms with E-state index in [-0.39, 0.29) is 5.91 Å². The Labute approximate surface area is 250 Å². The summed E-state index contributed by atoms with van der Waals surface area (Å²) in [6.45, 7) is 2.25. The quantitative estimate of drug-likeness (QED) is 0.0706. The van der Waals surface area contributed by atoms with E-state index in [1.807, 2.05) is 25.1 Å². The minimum Gasteiger partial charge on any atom is -0.341 e. The van der Waals surface area contributed by atoms with Crippen LogP contribution in [0, 0.1) is 0 Å². The van der Waals surface area contributed by atoms with Gasteiger partial charge in [0.2, 0.25) is 0 Å². The molecule has 1 aliphatic rings. The van der Waals surface area contributed by atoms with E-state index in [9.17, 15) is 4.79 Å². The average Bonchev–Trinajstić information content (AvgIpc) is 3.61. The fourth-order valence-electron chi connectivity index (χ4n) is 6.00. The summed E-state index contributed by atoms with van der Waals surface area (Å²) in [5.74, 6) is 6.48. The van der Waals surface area contributed by atoms with Crippen LogP contribution in [0.15, 0.2) is 114 Å². The predicted octanol–water partition coefficient (Wildman–Crippen LogP) is 8.44. The zero-order valence-corrected chi connectivity index (χ0v) is 24.1. The Kier molecular flexibility index (Phi) is 6.57. The van der Waals surface area contributed by atoms with E-state index < -0.39 is 0 Å². The summed E-state index contributed by atoms with van der Waals surface area (Å²) >= 11 is 4.45. The van der Waals surface area contributed by atoms with Crippen LogP contribution in [0.25, 0.3) is 44.3 Å². The first-order chi connectivity index (χ1) is 20.5. The number of aromatic nitrogens is 1. The number of anilines is 2. The molecule has 7 rings (SSSR count). The maximum atomic E-state index is 13.0. The molecule has 42 heavy (non-hydrogen) atoms. The highest BCUT2D eigenvalue weighted by molar-refractivity contribution is 7.80. The topological polar surface area (TPSA) is 74.2 Å². The number of carbonyl (C=O) groups is 1. The number of nitrogens with two attached hydrogens (primary N) is 1. The molecule has 0 fully saturated rings. The van der Waals surface area contributed by atoms with Gasteiger partial charge in [-0.2, -0.15) is 0 Å². The fourth-order valence-corrected chi connectivity index (χ4v) is 6.20. The van der Waals surface area contributed by atoms with Crippen LogP contribution in [0.2, 0.25) is 0 Å². The highest BCUT2D eigenvalue weighted by Crippen LogP contribution is 2.45. The lowest BCUT2D eigenvalue weighted by Crippen LogP contribution is -2.37. The highest BCUT2D eigenvalue weighted by atomic mass is 32.1. The summed E-state index contributed by atoms with van der Waals surface area (Å²) in [6, 6.07) is 37.9. The summed E-state index contributed by atoms with van der Waals surface area (Å²) in [7, 11) is 0. The number of nitrogens with one attached hydrogen (secondary N) is 2. The second kappa shape index (κ2) is 10.6. The first kappa shape index (κ1) is 26.1. The number of aromatic amines is 1. The number of hydrogen-bond acceptors (Lipinski definition) is 4. The van der Waals surface area contributed by atoms with Gasteiger partial charge in [-0.1, -0.05) is 72.8 Å². The smallest absolute Gasteiger partial charge is 0.269 e.